The third-order valence-electron chi connectivity index (χ3n) is 2.69. The number of rotatable bonds is 6. The summed E-state index contributed by atoms with van der Waals surface area (Å²) in [5.41, 5.74) is 4.36. The number of hydrogen-bond donors (Lipinski definition) is 1. The minimum Gasteiger partial charge on any atom is -0.355 e. The van der Waals surface area contributed by atoms with E-state index in [0.717, 1.165) is 22.5 Å². The van der Waals surface area contributed by atoms with Crippen LogP contribution in [0.25, 0.3) is 12.2 Å². The summed E-state index contributed by atoms with van der Waals surface area (Å²) in [6, 6.07) is 6.15. The van der Waals surface area contributed by atoms with E-state index in [2.05, 4.69) is 36.7 Å². The molecule has 0 aromatic heterocycles. The number of nitrogens with one attached hydrogen (secondary N) is 1. The van der Waals surface area contributed by atoms with Gasteiger partial charge in [0, 0.05) is 16.9 Å². The van der Waals surface area contributed by atoms with Gasteiger partial charge < -0.3 is 5.32 Å². The van der Waals surface area contributed by atoms with Gasteiger partial charge in [-0.25, -0.2) is 0 Å². The van der Waals surface area contributed by atoms with Crippen LogP contribution in [-0.2, 0) is 0 Å². The molecule has 1 N–H and O–H groups in total. The van der Waals surface area contributed by atoms with Gasteiger partial charge in [0.1, 0.15) is 0 Å². The van der Waals surface area contributed by atoms with Crippen molar-refractivity contribution in [2.45, 2.75) is 13.8 Å². The minimum absolute atomic E-state index is 1.03. The molecule has 1 nitrogen and oxygen atoms in total. The number of allylic oxidation sites excluding steroid dienone is 5. The Kier molecular flexibility index (Phi) is 6.17. The van der Waals surface area contributed by atoms with E-state index in [9.17, 15) is 0 Å². The van der Waals surface area contributed by atoms with E-state index in [1.165, 1.54) is 0 Å². The van der Waals surface area contributed by atoms with Crippen LogP contribution < -0.4 is 5.32 Å². The summed E-state index contributed by atoms with van der Waals surface area (Å²) >= 11 is 0. The Morgan fingerprint density at radius 3 is 2.58 bits per heavy atom. The zero-order valence-corrected chi connectivity index (χ0v) is 11.7. The monoisotopic (exact) mass is 251 g/mol. The van der Waals surface area contributed by atoms with Crippen molar-refractivity contribution in [1.29, 1.82) is 0 Å². The molecule has 0 bridgehead atoms. The molecule has 0 saturated carbocycles. The summed E-state index contributed by atoms with van der Waals surface area (Å²) in [5, 5.41) is 3.42. The Hall–Kier alpha value is -2.28. The first-order valence-corrected chi connectivity index (χ1v) is 6.37. The quantitative estimate of drug-likeness (QED) is 0.665. The van der Waals surface area contributed by atoms with Crippen molar-refractivity contribution < 1.29 is 0 Å². The molecule has 0 saturated heterocycles. The van der Waals surface area contributed by atoms with E-state index < -0.39 is 0 Å². The van der Waals surface area contributed by atoms with Gasteiger partial charge in [0.05, 0.1) is 0 Å². The predicted octanol–water partition coefficient (Wildman–Crippen LogP) is 5.42. The zero-order chi connectivity index (χ0) is 14.1. The van der Waals surface area contributed by atoms with Crippen LogP contribution in [-0.4, -0.2) is 0 Å². The highest BCUT2D eigenvalue weighted by atomic mass is 14.9. The van der Waals surface area contributed by atoms with E-state index in [1.807, 2.05) is 50.3 Å². The Bertz CT molecular complexity index is 531. The molecular formula is C18H21N. The number of hydrogen-bond acceptors (Lipinski definition) is 1. The standard InChI is InChI=1S/C18H21N/c1-5-9-13-16(8-4)19-18-14-10-12-15(7-3)17(18)11-6-2/h5-14,19H,1,3H2,2,4H3/b11-6-,13-9-,16-8+. The second kappa shape index (κ2) is 7.93. The lowest BCUT2D eigenvalue weighted by atomic mass is 10.0. The van der Waals surface area contributed by atoms with Crippen LogP contribution in [0.5, 0.6) is 0 Å². The van der Waals surface area contributed by atoms with Gasteiger partial charge in [0.2, 0.25) is 0 Å². The minimum atomic E-state index is 1.03. The second-order valence-electron chi connectivity index (χ2n) is 3.98. The first-order valence-electron chi connectivity index (χ1n) is 6.37. The van der Waals surface area contributed by atoms with Gasteiger partial charge >= 0.3 is 0 Å². The van der Waals surface area contributed by atoms with E-state index in [-0.39, 0.29) is 0 Å². The van der Waals surface area contributed by atoms with Crippen molar-refractivity contribution in [2.75, 3.05) is 5.32 Å². The van der Waals surface area contributed by atoms with Crippen molar-refractivity contribution in [3.05, 3.63) is 78.6 Å². The first kappa shape index (κ1) is 14.8. The lowest BCUT2D eigenvalue weighted by Gasteiger charge is -2.12. The van der Waals surface area contributed by atoms with Crippen molar-refractivity contribution in [3.8, 4) is 0 Å². The average Bonchev–Trinajstić information content (AvgIpc) is 2.45. The molecule has 0 amide bonds. The largest absolute Gasteiger partial charge is 0.355 e. The number of anilines is 1. The molecule has 1 aromatic carbocycles. The van der Waals surface area contributed by atoms with E-state index in [1.54, 1.807) is 6.08 Å². The molecule has 19 heavy (non-hydrogen) atoms. The molecule has 0 unspecified atom stereocenters. The second-order valence-corrected chi connectivity index (χ2v) is 3.98. The molecule has 0 aliphatic rings. The third-order valence-corrected chi connectivity index (χ3v) is 2.69. The molecule has 0 atom stereocenters. The smallest absolute Gasteiger partial charge is 0.0463 e. The fourth-order valence-electron chi connectivity index (χ4n) is 1.76. The molecule has 0 aliphatic heterocycles. The Morgan fingerprint density at radius 1 is 1.21 bits per heavy atom. The van der Waals surface area contributed by atoms with Crippen LogP contribution in [0.3, 0.4) is 0 Å². The highest BCUT2D eigenvalue weighted by Crippen LogP contribution is 2.24. The van der Waals surface area contributed by atoms with Crippen molar-refractivity contribution in [3.63, 3.8) is 0 Å². The predicted molar refractivity (Wildman–Crippen MR) is 88.0 cm³/mol. The maximum atomic E-state index is 3.86. The van der Waals surface area contributed by atoms with Crippen LogP contribution >= 0.6 is 0 Å². The highest BCUT2D eigenvalue weighted by molar-refractivity contribution is 5.76. The normalized spacial score (nSPS) is 12.0. The topological polar surface area (TPSA) is 12.0 Å². The third kappa shape index (κ3) is 4.14. The lowest BCUT2D eigenvalue weighted by Crippen LogP contribution is -1.99. The lowest BCUT2D eigenvalue weighted by molar-refractivity contribution is 1.43. The molecular weight excluding hydrogens is 230 g/mol. The Labute approximate surface area is 116 Å². The van der Waals surface area contributed by atoms with Crippen LogP contribution in [0, 0.1) is 0 Å². The molecule has 1 rings (SSSR count). The van der Waals surface area contributed by atoms with Gasteiger partial charge in [-0.15, -0.1) is 0 Å². The summed E-state index contributed by atoms with van der Waals surface area (Å²) in [7, 11) is 0. The van der Waals surface area contributed by atoms with E-state index in [4.69, 9.17) is 0 Å². The van der Waals surface area contributed by atoms with E-state index in [0.29, 0.717) is 0 Å². The number of benzene rings is 1. The van der Waals surface area contributed by atoms with E-state index >= 15 is 0 Å². The molecule has 1 aromatic rings. The summed E-state index contributed by atoms with van der Waals surface area (Å²) in [6.07, 6.45) is 13.7. The maximum absolute atomic E-state index is 3.86. The Balaban J connectivity index is 3.16. The zero-order valence-electron chi connectivity index (χ0n) is 11.7. The van der Waals surface area contributed by atoms with Gasteiger partial charge in [0.15, 0.2) is 0 Å². The fraction of sp³-hybridized carbons (Fsp3) is 0.111. The SMILES string of the molecule is C=C/C=C\C(=C/C)Nc1cccc(C=C)c1/C=C\C. The van der Waals surface area contributed by atoms with Gasteiger partial charge in [-0.1, -0.05) is 61.7 Å². The summed E-state index contributed by atoms with van der Waals surface area (Å²) in [5.74, 6) is 0. The van der Waals surface area contributed by atoms with Crippen molar-refractivity contribution in [1.82, 2.24) is 0 Å². The molecule has 0 spiro atoms. The highest BCUT2D eigenvalue weighted by Gasteiger charge is 2.03. The van der Waals surface area contributed by atoms with Crippen LogP contribution in [0.1, 0.15) is 25.0 Å². The summed E-state index contributed by atoms with van der Waals surface area (Å²) < 4.78 is 0. The fourth-order valence-corrected chi connectivity index (χ4v) is 1.76. The van der Waals surface area contributed by atoms with Gasteiger partial charge in [0.25, 0.3) is 0 Å². The first-order chi connectivity index (χ1) is 9.26. The van der Waals surface area contributed by atoms with Gasteiger partial charge in [-0.05, 0) is 31.6 Å². The summed E-state index contributed by atoms with van der Waals surface area (Å²) in [4.78, 5) is 0. The Morgan fingerprint density at radius 2 is 2.00 bits per heavy atom. The van der Waals surface area contributed by atoms with Crippen LogP contribution in [0.15, 0.2) is 67.4 Å². The molecule has 1 heteroatoms. The van der Waals surface area contributed by atoms with Crippen molar-refractivity contribution >= 4 is 17.8 Å². The molecule has 0 aliphatic carbocycles. The van der Waals surface area contributed by atoms with Crippen LogP contribution in [0.4, 0.5) is 5.69 Å². The van der Waals surface area contributed by atoms with Crippen LogP contribution in [0.2, 0.25) is 0 Å². The van der Waals surface area contributed by atoms with Gasteiger partial charge in [-0.3, -0.25) is 0 Å². The maximum Gasteiger partial charge on any atom is 0.0463 e. The molecule has 0 fully saturated rings. The molecule has 0 radical (unpaired) electrons. The molecule has 98 valence electrons. The summed E-state index contributed by atoms with van der Waals surface area (Å²) in [6.45, 7) is 11.6. The molecule has 0 heterocycles. The average molecular weight is 251 g/mol. The van der Waals surface area contributed by atoms with Crippen molar-refractivity contribution in [2.24, 2.45) is 0 Å². The van der Waals surface area contributed by atoms with Gasteiger partial charge in [-0.2, -0.15) is 0 Å².